The van der Waals surface area contributed by atoms with Crippen LogP contribution in [0.1, 0.15) is 24.5 Å². The number of aliphatic carboxylic acids is 1. The molecule has 3 aromatic carbocycles. The monoisotopic (exact) mass is 568 g/mol. The Kier molecular flexibility index (Phi) is 12.2. The molecule has 3 rings (SSSR count). The second-order valence-corrected chi connectivity index (χ2v) is 9.26. The van der Waals surface area contributed by atoms with Gasteiger partial charge < -0.3 is 34.3 Å². The van der Waals surface area contributed by atoms with Gasteiger partial charge in [-0.05, 0) is 79.9 Å². The van der Waals surface area contributed by atoms with E-state index in [9.17, 15) is 19.1 Å². The molecule has 0 aliphatic carbocycles. The fraction of sp³-hybridized carbons (Fsp3) is 0.355. The van der Waals surface area contributed by atoms with E-state index >= 15 is 0 Å². The van der Waals surface area contributed by atoms with E-state index in [1.807, 2.05) is 19.1 Å². The van der Waals surface area contributed by atoms with Crippen LogP contribution in [0.15, 0.2) is 66.7 Å². The lowest BCUT2D eigenvalue weighted by molar-refractivity contribution is -0.149. The van der Waals surface area contributed by atoms with Gasteiger partial charge in [-0.1, -0.05) is 18.2 Å². The fourth-order valence-electron chi connectivity index (χ4n) is 4.03. The molecule has 9 nitrogen and oxygen atoms in total. The summed E-state index contributed by atoms with van der Waals surface area (Å²) in [4.78, 5) is 26.2. The SMILES string of the molecule is CCOC(Cc1ccc(OCCN(CCCOc2ccc(F)cc2)C(=O)Nc2cc(C)ccc2OC)cc1)C(=O)O. The Hall–Kier alpha value is -4.31. The molecule has 1 unspecified atom stereocenters. The first-order valence-corrected chi connectivity index (χ1v) is 13.4. The molecule has 0 heterocycles. The van der Waals surface area contributed by atoms with Crippen molar-refractivity contribution in [1.82, 2.24) is 4.90 Å². The maximum absolute atomic E-state index is 13.3. The van der Waals surface area contributed by atoms with E-state index < -0.39 is 12.1 Å². The minimum absolute atomic E-state index is 0.229. The number of anilines is 1. The number of rotatable bonds is 16. The van der Waals surface area contributed by atoms with Gasteiger partial charge in [0.15, 0.2) is 6.10 Å². The van der Waals surface area contributed by atoms with Gasteiger partial charge in [-0.2, -0.15) is 0 Å². The van der Waals surface area contributed by atoms with Crippen LogP contribution in [-0.2, 0) is 16.0 Å². The maximum atomic E-state index is 13.3. The molecule has 0 saturated heterocycles. The molecule has 3 aromatic rings. The van der Waals surface area contributed by atoms with Crippen LogP contribution in [0.2, 0.25) is 0 Å². The summed E-state index contributed by atoms with van der Waals surface area (Å²) in [5.74, 6) is 0.356. The van der Waals surface area contributed by atoms with E-state index in [-0.39, 0.29) is 24.9 Å². The van der Waals surface area contributed by atoms with Crippen molar-refractivity contribution in [3.63, 3.8) is 0 Å². The number of urea groups is 1. The number of ether oxygens (including phenoxy) is 4. The zero-order valence-corrected chi connectivity index (χ0v) is 23.6. The molecule has 0 bridgehead atoms. The van der Waals surface area contributed by atoms with Crippen molar-refractivity contribution in [2.75, 3.05) is 45.3 Å². The normalized spacial score (nSPS) is 11.4. The molecule has 2 amide bonds. The Morgan fingerprint density at radius 1 is 0.951 bits per heavy atom. The van der Waals surface area contributed by atoms with E-state index in [1.165, 1.54) is 12.1 Å². The second-order valence-electron chi connectivity index (χ2n) is 9.26. The zero-order chi connectivity index (χ0) is 29.6. The number of carbonyl (C=O) groups excluding carboxylic acids is 1. The van der Waals surface area contributed by atoms with Crippen LogP contribution in [-0.4, -0.2) is 68.1 Å². The Balaban J connectivity index is 1.59. The van der Waals surface area contributed by atoms with Crippen molar-refractivity contribution >= 4 is 17.7 Å². The van der Waals surface area contributed by atoms with Gasteiger partial charge in [0.2, 0.25) is 0 Å². The number of aryl methyl sites for hydroxylation is 1. The summed E-state index contributed by atoms with van der Waals surface area (Å²) in [7, 11) is 1.54. The Bertz CT molecular complexity index is 1250. The smallest absolute Gasteiger partial charge is 0.333 e. The molecule has 2 N–H and O–H groups in total. The van der Waals surface area contributed by atoms with Crippen molar-refractivity contribution in [2.24, 2.45) is 0 Å². The van der Waals surface area contributed by atoms with Gasteiger partial charge in [0.25, 0.3) is 0 Å². The number of amides is 2. The fourth-order valence-corrected chi connectivity index (χ4v) is 4.03. The minimum atomic E-state index is -1.00. The number of carboxylic acids is 1. The number of nitrogens with one attached hydrogen (secondary N) is 1. The van der Waals surface area contributed by atoms with E-state index in [4.69, 9.17) is 18.9 Å². The Morgan fingerprint density at radius 2 is 1.61 bits per heavy atom. The van der Waals surface area contributed by atoms with Crippen LogP contribution in [0, 0.1) is 12.7 Å². The van der Waals surface area contributed by atoms with Crippen LogP contribution in [0.4, 0.5) is 14.9 Å². The highest BCUT2D eigenvalue weighted by Gasteiger charge is 2.18. The molecule has 0 spiro atoms. The summed E-state index contributed by atoms with van der Waals surface area (Å²) in [5.41, 5.74) is 2.35. The standard InChI is InChI=1S/C31H37FN2O7/c1-4-39-29(30(35)36)21-23-7-11-25(12-8-23)41-19-17-34(16-5-18-40-26-13-9-24(32)10-14-26)31(37)33-27-20-22(2)6-15-28(27)38-3/h6-15,20,29H,4-5,16-19,21H2,1-3H3,(H,33,37)(H,35,36). The molecule has 10 heteroatoms. The number of carboxylic acid groups (broad SMARTS) is 1. The van der Waals surface area contributed by atoms with Crippen molar-refractivity contribution in [1.29, 1.82) is 0 Å². The predicted octanol–water partition coefficient (Wildman–Crippen LogP) is 5.56. The number of nitrogens with zero attached hydrogens (tertiary/aromatic N) is 1. The third-order valence-electron chi connectivity index (χ3n) is 6.16. The summed E-state index contributed by atoms with van der Waals surface area (Å²) in [6, 6.07) is 18.1. The average Bonchev–Trinajstić information content (AvgIpc) is 2.96. The van der Waals surface area contributed by atoms with Crippen LogP contribution in [0.5, 0.6) is 17.2 Å². The van der Waals surface area contributed by atoms with Crippen molar-refractivity contribution < 1.29 is 38.0 Å². The van der Waals surface area contributed by atoms with Crippen molar-refractivity contribution in [3.05, 3.63) is 83.7 Å². The molecule has 0 aromatic heterocycles. The lowest BCUT2D eigenvalue weighted by Gasteiger charge is -2.24. The van der Waals surface area contributed by atoms with E-state index in [0.29, 0.717) is 55.7 Å². The van der Waals surface area contributed by atoms with Crippen LogP contribution in [0.3, 0.4) is 0 Å². The summed E-state index contributed by atoms with van der Waals surface area (Å²) in [6.45, 7) is 5.25. The van der Waals surface area contributed by atoms with E-state index in [2.05, 4.69) is 5.32 Å². The molecule has 220 valence electrons. The number of benzene rings is 3. The molecule has 1 atom stereocenters. The average molecular weight is 569 g/mol. The maximum Gasteiger partial charge on any atom is 0.333 e. The Labute approximate surface area is 239 Å². The number of halogens is 1. The van der Waals surface area contributed by atoms with E-state index in [0.717, 1.165) is 11.1 Å². The third-order valence-corrected chi connectivity index (χ3v) is 6.16. The van der Waals surface area contributed by atoms with Crippen LogP contribution >= 0.6 is 0 Å². The van der Waals surface area contributed by atoms with Gasteiger partial charge in [-0.25, -0.2) is 14.0 Å². The molecular formula is C31H37FN2O7. The number of methoxy groups -OCH3 is 1. The Morgan fingerprint density at radius 3 is 2.24 bits per heavy atom. The first-order valence-electron chi connectivity index (χ1n) is 13.4. The molecule has 0 aliphatic heterocycles. The molecule has 0 saturated carbocycles. The summed E-state index contributed by atoms with van der Waals surface area (Å²) >= 11 is 0. The van der Waals surface area contributed by atoms with Gasteiger partial charge in [-0.15, -0.1) is 0 Å². The van der Waals surface area contributed by atoms with Gasteiger partial charge in [0, 0.05) is 19.6 Å². The lowest BCUT2D eigenvalue weighted by Crippen LogP contribution is -2.39. The summed E-state index contributed by atoms with van der Waals surface area (Å²) in [6.07, 6.45) is -0.118. The van der Waals surface area contributed by atoms with Gasteiger partial charge >= 0.3 is 12.0 Å². The second kappa shape index (κ2) is 16.1. The predicted molar refractivity (Wildman–Crippen MR) is 154 cm³/mol. The zero-order valence-electron chi connectivity index (χ0n) is 23.6. The topological polar surface area (TPSA) is 107 Å². The number of carbonyl (C=O) groups is 2. The summed E-state index contributed by atoms with van der Waals surface area (Å²) in [5, 5.41) is 12.2. The first kappa shape index (κ1) is 31.2. The first-order chi connectivity index (χ1) is 19.8. The number of hydrogen-bond donors (Lipinski definition) is 2. The molecular weight excluding hydrogens is 531 g/mol. The minimum Gasteiger partial charge on any atom is -0.495 e. The van der Waals surface area contributed by atoms with Crippen molar-refractivity contribution in [2.45, 2.75) is 32.8 Å². The van der Waals surface area contributed by atoms with Gasteiger partial charge in [0.1, 0.15) is 29.7 Å². The van der Waals surface area contributed by atoms with Gasteiger partial charge in [0.05, 0.1) is 25.9 Å². The molecule has 41 heavy (non-hydrogen) atoms. The third kappa shape index (κ3) is 10.3. The van der Waals surface area contributed by atoms with Crippen LogP contribution in [0.25, 0.3) is 0 Å². The molecule has 0 aliphatic rings. The highest BCUT2D eigenvalue weighted by Crippen LogP contribution is 2.25. The van der Waals surface area contributed by atoms with Crippen molar-refractivity contribution in [3.8, 4) is 17.2 Å². The van der Waals surface area contributed by atoms with Gasteiger partial charge in [-0.3, -0.25) is 0 Å². The highest BCUT2D eigenvalue weighted by molar-refractivity contribution is 5.91. The van der Waals surface area contributed by atoms with E-state index in [1.54, 1.807) is 61.4 Å². The highest BCUT2D eigenvalue weighted by atomic mass is 19.1. The molecule has 0 radical (unpaired) electrons. The quantitative estimate of drug-likeness (QED) is 0.218. The number of hydrogen-bond acceptors (Lipinski definition) is 6. The largest absolute Gasteiger partial charge is 0.495 e. The lowest BCUT2D eigenvalue weighted by atomic mass is 10.1. The molecule has 0 fully saturated rings. The summed E-state index contributed by atoms with van der Waals surface area (Å²) < 4.78 is 35.4. The van der Waals surface area contributed by atoms with Crippen LogP contribution < -0.4 is 19.5 Å².